The van der Waals surface area contributed by atoms with Crippen LogP contribution in [-0.4, -0.2) is 23.1 Å². The van der Waals surface area contributed by atoms with Crippen LogP contribution >= 0.6 is 12.2 Å². The Kier molecular flexibility index (Phi) is 1.96. The van der Waals surface area contributed by atoms with Crippen LogP contribution in [0.25, 0.3) is 0 Å². The number of hydrogen-bond acceptors (Lipinski definition) is 1. The van der Waals surface area contributed by atoms with Crippen molar-refractivity contribution in [3.8, 4) is 0 Å². The van der Waals surface area contributed by atoms with Crippen LogP contribution in [0.15, 0.2) is 30.3 Å². The topological polar surface area (TPSA) is 15.0 Å². The first-order valence-electron chi connectivity index (χ1n) is 3.97. The Hall–Kier alpha value is -1.09. The zero-order valence-electron chi connectivity index (χ0n) is 6.66. The molecule has 0 aliphatic carbocycles. The fourth-order valence-electron chi connectivity index (χ4n) is 0.977. The van der Waals surface area contributed by atoms with Gasteiger partial charge in [-0.2, -0.15) is 0 Å². The lowest BCUT2D eigenvalue weighted by Gasteiger charge is -2.07. The van der Waals surface area contributed by atoms with Gasteiger partial charge in [0.15, 0.2) is 5.11 Å². The first kappa shape index (κ1) is 7.55. The van der Waals surface area contributed by atoms with Gasteiger partial charge in [-0.05, 0) is 24.4 Å². The minimum Gasteiger partial charge on any atom is -0.345 e. The van der Waals surface area contributed by atoms with Crippen LogP contribution in [0.2, 0.25) is 0 Å². The van der Waals surface area contributed by atoms with Gasteiger partial charge >= 0.3 is 0 Å². The summed E-state index contributed by atoms with van der Waals surface area (Å²) in [5.74, 6) is 0. The fourth-order valence-corrected chi connectivity index (χ4v) is 1.28. The molecule has 0 spiro atoms. The lowest BCUT2D eigenvalue weighted by molar-refractivity contribution is 0.862. The number of benzene rings is 1. The van der Waals surface area contributed by atoms with Crippen LogP contribution < -0.4 is 5.32 Å². The monoisotopic (exact) mass is 178 g/mol. The molecule has 1 aromatic carbocycles. The Morgan fingerprint density at radius 3 is 2.50 bits per heavy atom. The summed E-state index contributed by atoms with van der Waals surface area (Å²) in [4.78, 5) is 2.11. The number of nitrogens with zero attached hydrogens (tertiary/aromatic N) is 1. The largest absolute Gasteiger partial charge is 0.345 e. The summed E-state index contributed by atoms with van der Waals surface area (Å²) in [6, 6.07) is 10.00. The molecule has 2 nitrogen and oxygen atoms in total. The molecular formula is C9H10N2S. The lowest BCUT2D eigenvalue weighted by atomic mass is 10.3. The summed E-state index contributed by atoms with van der Waals surface area (Å²) in [5.41, 5.74) is 1.06. The Morgan fingerprint density at radius 1 is 1.25 bits per heavy atom. The molecule has 1 heterocycles. The second-order valence-electron chi connectivity index (χ2n) is 2.78. The maximum absolute atomic E-state index is 5.14. The molecule has 1 fully saturated rings. The van der Waals surface area contributed by atoms with E-state index in [1.165, 1.54) is 0 Å². The van der Waals surface area contributed by atoms with Crippen molar-refractivity contribution >= 4 is 23.0 Å². The molecule has 1 saturated heterocycles. The van der Waals surface area contributed by atoms with Gasteiger partial charge in [-0.25, -0.2) is 0 Å². The van der Waals surface area contributed by atoms with Crippen molar-refractivity contribution in [3.05, 3.63) is 30.3 Å². The van der Waals surface area contributed by atoms with Crippen molar-refractivity contribution in [3.63, 3.8) is 0 Å². The van der Waals surface area contributed by atoms with Crippen LogP contribution in [0.1, 0.15) is 0 Å². The van der Waals surface area contributed by atoms with E-state index in [1.807, 2.05) is 30.3 Å². The molecule has 0 bridgehead atoms. The van der Waals surface area contributed by atoms with E-state index in [1.54, 1.807) is 0 Å². The molecular weight excluding hydrogens is 168 g/mol. The molecule has 0 atom stereocenters. The normalized spacial score (nSPS) is 14.2. The number of para-hydroxylation sites is 1. The maximum atomic E-state index is 5.14. The van der Waals surface area contributed by atoms with E-state index in [-0.39, 0.29) is 0 Å². The average Bonchev–Trinajstić information content (AvgIpc) is 2.88. The maximum Gasteiger partial charge on any atom is 0.173 e. The number of hydrogen-bond donors (Lipinski definition) is 1. The van der Waals surface area contributed by atoms with Gasteiger partial charge < -0.3 is 10.2 Å². The van der Waals surface area contributed by atoms with Crippen molar-refractivity contribution in [1.82, 2.24) is 4.90 Å². The van der Waals surface area contributed by atoms with Crippen molar-refractivity contribution in [2.75, 3.05) is 18.4 Å². The van der Waals surface area contributed by atoms with E-state index in [4.69, 9.17) is 12.2 Å². The zero-order valence-corrected chi connectivity index (χ0v) is 7.47. The third-order valence-electron chi connectivity index (χ3n) is 1.76. The van der Waals surface area contributed by atoms with Crippen LogP contribution in [0.4, 0.5) is 5.69 Å². The van der Waals surface area contributed by atoms with E-state index < -0.39 is 0 Å². The number of thiocarbonyl (C=S) groups is 1. The molecule has 1 N–H and O–H groups in total. The van der Waals surface area contributed by atoms with Crippen molar-refractivity contribution in [1.29, 1.82) is 0 Å². The number of rotatable bonds is 1. The summed E-state index contributed by atoms with van der Waals surface area (Å²) in [5, 5.41) is 4.00. The minimum absolute atomic E-state index is 0.834. The Morgan fingerprint density at radius 2 is 1.92 bits per heavy atom. The molecule has 0 amide bonds. The average molecular weight is 178 g/mol. The predicted octanol–water partition coefficient (Wildman–Crippen LogP) is 1.70. The Balaban J connectivity index is 1.98. The molecule has 0 aromatic heterocycles. The molecule has 3 heteroatoms. The third kappa shape index (κ3) is 1.74. The second-order valence-corrected chi connectivity index (χ2v) is 3.17. The van der Waals surface area contributed by atoms with E-state index in [0.29, 0.717) is 0 Å². The quantitative estimate of drug-likeness (QED) is 0.520. The molecule has 1 aliphatic heterocycles. The van der Waals surface area contributed by atoms with Crippen LogP contribution in [0, 0.1) is 0 Å². The van der Waals surface area contributed by atoms with Gasteiger partial charge in [0.25, 0.3) is 0 Å². The first-order valence-corrected chi connectivity index (χ1v) is 4.38. The van der Waals surface area contributed by atoms with Crippen LogP contribution in [0.3, 0.4) is 0 Å². The molecule has 1 aliphatic rings. The summed E-state index contributed by atoms with van der Waals surface area (Å²) in [6.07, 6.45) is 0. The third-order valence-corrected chi connectivity index (χ3v) is 2.12. The molecule has 0 unspecified atom stereocenters. The van der Waals surface area contributed by atoms with Gasteiger partial charge in [0.2, 0.25) is 0 Å². The standard InChI is InChI=1S/C9H10N2S/c12-9(11-6-7-11)10-8-4-2-1-3-5-8/h1-5H,6-7H2,(H,10,12). The SMILES string of the molecule is S=C(Nc1ccccc1)N1CC1. The Bertz CT molecular complexity index is 280. The first-order chi connectivity index (χ1) is 5.86. The molecule has 0 radical (unpaired) electrons. The molecule has 2 rings (SSSR count). The summed E-state index contributed by atoms with van der Waals surface area (Å²) in [7, 11) is 0. The summed E-state index contributed by atoms with van der Waals surface area (Å²) >= 11 is 5.14. The van der Waals surface area contributed by atoms with Gasteiger partial charge in [-0.3, -0.25) is 0 Å². The van der Waals surface area contributed by atoms with E-state index in [2.05, 4.69) is 10.2 Å². The van der Waals surface area contributed by atoms with E-state index >= 15 is 0 Å². The number of nitrogens with one attached hydrogen (secondary N) is 1. The van der Waals surface area contributed by atoms with Crippen molar-refractivity contribution in [2.24, 2.45) is 0 Å². The highest BCUT2D eigenvalue weighted by molar-refractivity contribution is 7.80. The van der Waals surface area contributed by atoms with Crippen molar-refractivity contribution < 1.29 is 0 Å². The minimum atomic E-state index is 0.834. The van der Waals surface area contributed by atoms with Gasteiger partial charge in [0.05, 0.1) is 0 Å². The highest BCUT2D eigenvalue weighted by Gasteiger charge is 2.20. The summed E-state index contributed by atoms with van der Waals surface area (Å²) in [6.45, 7) is 2.19. The zero-order chi connectivity index (χ0) is 8.39. The fraction of sp³-hybridized carbons (Fsp3) is 0.222. The second kappa shape index (κ2) is 3.11. The highest BCUT2D eigenvalue weighted by atomic mass is 32.1. The molecule has 12 heavy (non-hydrogen) atoms. The Labute approximate surface area is 77.2 Å². The molecule has 1 aromatic rings. The van der Waals surface area contributed by atoms with E-state index in [9.17, 15) is 0 Å². The van der Waals surface area contributed by atoms with Crippen LogP contribution in [0.5, 0.6) is 0 Å². The molecule has 62 valence electrons. The number of anilines is 1. The van der Waals surface area contributed by atoms with Crippen molar-refractivity contribution in [2.45, 2.75) is 0 Å². The smallest absolute Gasteiger partial charge is 0.173 e. The van der Waals surface area contributed by atoms with Gasteiger partial charge in [-0.1, -0.05) is 18.2 Å². The summed E-state index contributed by atoms with van der Waals surface area (Å²) < 4.78 is 0. The lowest BCUT2D eigenvalue weighted by Crippen LogP contribution is -2.17. The van der Waals surface area contributed by atoms with Crippen LogP contribution in [-0.2, 0) is 0 Å². The highest BCUT2D eigenvalue weighted by Crippen LogP contribution is 2.10. The van der Waals surface area contributed by atoms with E-state index in [0.717, 1.165) is 23.9 Å². The van der Waals surface area contributed by atoms with Gasteiger partial charge in [0, 0.05) is 18.8 Å². The molecule has 0 saturated carbocycles. The van der Waals surface area contributed by atoms with Gasteiger partial charge in [0.1, 0.15) is 0 Å². The predicted molar refractivity (Wildman–Crippen MR) is 54.2 cm³/mol. The van der Waals surface area contributed by atoms with Gasteiger partial charge in [-0.15, -0.1) is 0 Å².